The number of pyridine rings is 1. The van der Waals surface area contributed by atoms with Gasteiger partial charge in [-0.05, 0) is 18.9 Å². The summed E-state index contributed by atoms with van der Waals surface area (Å²) >= 11 is 0. The van der Waals surface area contributed by atoms with Crippen molar-refractivity contribution in [2.45, 2.75) is 12.8 Å². The van der Waals surface area contributed by atoms with E-state index in [9.17, 15) is 4.79 Å². The molecule has 1 aliphatic heterocycles. The lowest BCUT2D eigenvalue weighted by Crippen LogP contribution is -2.35. The third-order valence-corrected chi connectivity index (χ3v) is 2.42. The summed E-state index contributed by atoms with van der Waals surface area (Å²) in [6.07, 6.45) is 3.49. The Morgan fingerprint density at radius 1 is 1.50 bits per heavy atom. The van der Waals surface area contributed by atoms with Crippen molar-refractivity contribution in [3.05, 3.63) is 23.9 Å². The molecule has 0 saturated carbocycles. The van der Waals surface area contributed by atoms with Gasteiger partial charge in [0.2, 0.25) is 5.88 Å². The van der Waals surface area contributed by atoms with Crippen molar-refractivity contribution < 1.29 is 14.4 Å². The zero-order valence-electron chi connectivity index (χ0n) is 9.18. The third kappa shape index (κ3) is 2.30. The number of nitrogens with zero attached hydrogens (tertiary/aromatic N) is 2. The number of ether oxygens (including phenoxy) is 1. The van der Waals surface area contributed by atoms with E-state index in [1.165, 1.54) is 18.4 Å². The number of rotatable bonds is 2. The van der Waals surface area contributed by atoms with Gasteiger partial charge < -0.3 is 4.74 Å². The maximum Gasteiger partial charge on any atom is 0.278 e. The molecule has 0 N–H and O–H groups in total. The number of methoxy groups -OCH3 is 1. The Hall–Kier alpha value is -1.62. The average Bonchev–Trinajstić information content (AvgIpc) is 2.39. The molecule has 1 fully saturated rings. The number of carbonyl (C=O) groups is 1. The van der Waals surface area contributed by atoms with Crippen LogP contribution in [0, 0.1) is 0 Å². The summed E-state index contributed by atoms with van der Waals surface area (Å²) in [7, 11) is 1.54. The minimum atomic E-state index is -0.144. The van der Waals surface area contributed by atoms with Crippen LogP contribution in [0.4, 0.5) is 0 Å². The quantitative estimate of drug-likeness (QED) is 0.755. The van der Waals surface area contributed by atoms with Gasteiger partial charge in [0, 0.05) is 18.8 Å². The van der Waals surface area contributed by atoms with E-state index >= 15 is 0 Å². The summed E-state index contributed by atoms with van der Waals surface area (Å²) in [6.45, 7) is 1.25. The van der Waals surface area contributed by atoms with Crippen LogP contribution in [0.5, 0.6) is 5.88 Å². The second kappa shape index (κ2) is 4.94. The van der Waals surface area contributed by atoms with E-state index in [0.717, 1.165) is 12.8 Å². The molecule has 0 radical (unpaired) electrons. The molecule has 5 heteroatoms. The summed E-state index contributed by atoms with van der Waals surface area (Å²) in [4.78, 5) is 21.2. The Kier molecular flexibility index (Phi) is 3.36. The van der Waals surface area contributed by atoms with Crippen molar-refractivity contribution in [2.75, 3.05) is 20.3 Å². The van der Waals surface area contributed by atoms with Crippen LogP contribution in [0.3, 0.4) is 0 Å². The lowest BCUT2D eigenvalue weighted by molar-refractivity contribution is -0.144. The molecule has 0 spiro atoms. The van der Waals surface area contributed by atoms with Crippen LogP contribution < -0.4 is 4.74 Å². The Morgan fingerprint density at radius 2 is 2.38 bits per heavy atom. The summed E-state index contributed by atoms with van der Waals surface area (Å²) in [5.41, 5.74) is 0.516. The molecule has 16 heavy (non-hydrogen) atoms. The van der Waals surface area contributed by atoms with Gasteiger partial charge in [0.1, 0.15) is 0 Å². The van der Waals surface area contributed by atoms with Crippen molar-refractivity contribution in [2.24, 2.45) is 0 Å². The maximum absolute atomic E-state index is 11.9. The number of aromatic nitrogens is 1. The van der Waals surface area contributed by atoms with Gasteiger partial charge in [-0.2, -0.15) is 0 Å². The van der Waals surface area contributed by atoms with Crippen molar-refractivity contribution in [1.82, 2.24) is 10.0 Å². The number of hydrogen-bond acceptors (Lipinski definition) is 4. The Bertz CT molecular complexity index is 358. The second-order valence-electron chi connectivity index (χ2n) is 3.54. The van der Waals surface area contributed by atoms with E-state index < -0.39 is 0 Å². The Morgan fingerprint density at radius 3 is 2.94 bits per heavy atom. The van der Waals surface area contributed by atoms with Crippen LogP contribution in [0.15, 0.2) is 18.3 Å². The third-order valence-electron chi connectivity index (χ3n) is 2.42. The van der Waals surface area contributed by atoms with Gasteiger partial charge in [-0.1, -0.05) is 0 Å². The highest BCUT2D eigenvalue weighted by molar-refractivity contribution is 5.93. The lowest BCUT2D eigenvalue weighted by Gasteiger charge is -2.25. The molecular formula is C11H14N2O3. The highest BCUT2D eigenvalue weighted by Crippen LogP contribution is 2.13. The molecule has 0 bridgehead atoms. The summed E-state index contributed by atoms with van der Waals surface area (Å²) < 4.78 is 4.93. The Labute approximate surface area is 93.9 Å². The van der Waals surface area contributed by atoms with E-state index in [2.05, 4.69) is 4.98 Å². The average molecular weight is 222 g/mol. The standard InChI is InChI=1S/C11H14N2O3/c1-15-10-5-4-9(8-12-10)11(14)13-6-2-3-7-16-13/h4-5,8H,2-3,6-7H2,1H3. The molecule has 1 amide bonds. The van der Waals surface area contributed by atoms with Crippen LogP contribution in [0.25, 0.3) is 0 Å². The fourth-order valence-electron chi connectivity index (χ4n) is 1.53. The highest BCUT2D eigenvalue weighted by Gasteiger charge is 2.19. The van der Waals surface area contributed by atoms with Crippen LogP contribution in [0.2, 0.25) is 0 Å². The first-order valence-electron chi connectivity index (χ1n) is 5.26. The minimum Gasteiger partial charge on any atom is -0.481 e. The molecule has 5 nitrogen and oxygen atoms in total. The lowest BCUT2D eigenvalue weighted by atomic mass is 10.2. The van der Waals surface area contributed by atoms with E-state index in [4.69, 9.17) is 9.57 Å². The van der Waals surface area contributed by atoms with E-state index in [1.807, 2.05) is 0 Å². The number of carbonyl (C=O) groups excluding carboxylic acids is 1. The first-order valence-corrected chi connectivity index (χ1v) is 5.26. The molecule has 1 saturated heterocycles. The first-order chi connectivity index (χ1) is 7.81. The number of hydroxylamine groups is 2. The molecule has 1 aromatic rings. The van der Waals surface area contributed by atoms with E-state index in [-0.39, 0.29) is 5.91 Å². The van der Waals surface area contributed by atoms with Gasteiger partial charge >= 0.3 is 0 Å². The smallest absolute Gasteiger partial charge is 0.278 e. The minimum absolute atomic E-state index is 0.144. The predicted molar refractivity (Wildman–Crippen MR) is 57.0 cm³/mol. The van der Waals surface area contributed by atoms with E-state index in [1.54, 1.807) is 12.1 Å². The van der Waals surface area contributed by atoms with Gasteiger partial charge in [0.25, 0.3) is 5.91 Å². The van der Waals surface area contributed by atoms with Crippen LogP contribution in [0.1, 0.15) is 23.2 Å². The maximum atomic E-state index is 11.9. The molecular weight excluding hydrogens is 208 g/mol. The molecule has 2 rings (SSSR count). The Balaban J connectivity index is 2.07. The van der Waals surface area contributed by atoms with Gasteiger partial charge in [-0.3, -0.25) is 9.63 Å². The summed E-state index contributed by atoms with van der Waals surface area (Å²) in [5, 5.41) is 1.40. The van der Waals surface area contributed by atoms with Crippen molar-refractivity contribution in [3.8, 4) is 5.88 Å². The molecule has 0 aromatic carbocycles. The highest BCUT2D eigenvalue weighted by atomic mass is 16.7. The molecule has 1 aliphatic rings. The summed E-state index contributed by atoms with van der Waals surface area (Å²) in [5.74, 6) is 0.353. The fourth-order valence-corrected chi connectivity index (χ4v) is 1.53. The first kappa shape index (κ1) is 10.9. The zero-order valence-corrected chi connectivity index (χ0v) is 9.18. The second-order valence-corrected chi connectivity index (χ2v) is 3.54. The number of amides is 1. The van der Waals surface area contributed by atoms with Gasteiger partial charge in [0.05, 0.1) is 19.3 Å². The molecule has 0 atom stereocenters. The predicted octanol–water partition coefficient (Wildman–Crippen LogP) is 1.26. The zero-order chi connectivity index (χ0) is 11.4. The molecule has 86 valence electrons. The molecule has 0 unspecified atom stereocenters. The van der Waals surface area contributed by atoms with Gasteiger partial charge in [-0.15, -0.1) is 0 Å². The van der Waals surface area contributed by atoms with Gasteiger partial charge in [0.15, 0.2) is 0 Å². The molecule has 1 aromatic heterocycles. The molecule has 2 heterocycles. The van der Waals surface area contributed by atoms with Crippen molar-refractivity contribution >= 4 is 5.91 Å². The largest absolute Gasteiger partial charge is 0.481 e. The fraction of sp³-hybridized carbons (Fsp3) is 0.455. The van der Waals surface area contributed by atoms with E-state index in [0.29, 0.717) is 24.6 Å². The monoisotopic (exact) mass is 222 g/mol. The number of hydrogen-bond donors (Lipinski definition) is 0. The van der Waals surface area contributed by atoms with Crippen LogP contribution in [-0.4, -0.2) is 36.2 Å². The van der Waals surface area contributed by atoms with Crippen LogP contribution in [-0.2, 0) is 4.84 Å². The SMILES string of the molecule is COc1ccc(C(=O)N2CCCCO2)cn1. The van der Waals surface area contributed by atoms with Gasteiger partial charge in [-0.25, -0.2) is 10.0 Å². The topological polar surface area (TPSA) is 51.7 Å². The normalized spacial score (nSPS) is 15.9. The van der Waals surface area contributed by atoms with Crippen molar-refractivity contribution in [3.63, 3.8) is 0 Å². The molecule has 0 aliphatic carbocycles. The van der Waals surface area contributed by atoms with Crippen molar-refractivity contribution in [1.29, 1.82) is 0 Å². The summed E-state index contributed by atoms with van der Waals surface area (Å²) in [6, 6.07) is 3.35. The van der Waals surface area contributed by atoms with Crippen LogP contribution >= 0.6 is 0 Å².